The molecule has 0 aromatic heterocycles. The molecule has 2 atom stereocenters. The van der Waals surface area contributed by atoms with Crippen LogP contribution in [0.5, 0.6) is 5.75 Å². The summed E-state index contributed by atoms with van der Waals surface area (Å²) in [4.78, 5) is 10.7. The van der Waals surface area contributed by atoms with E-state index in [1.165, 1.54) is 12.1 Å². The largest absolute Gasteiger partial charge is 0.490 e. The van der Waals surface area contributed by atoms with Crippen LogP contribution >= 0.6 is 0 Å². The summed E-state index contributed by atoms with van der Waals surface area (Å²) in [6, 6.07) is 6.40. The molecule has 0 radical (unpaired) electrons. The molecule has 0 bridgehead atoms. The van der Waals surface area contributed by atoms with E-state index in [1.54, 1.807) is 19.2 Å². The van der Waals surface area contributed by atoms with Crippen LogP contribution in [0, 0.1) is 5.92 Å². The highest BCUT2D eigenvalue weighted by atomic mass is 16.5. The molecule has 94 valence electrons. The summed E-state index contributed by atoms with van der Waals surface area (Å²) in [6.07, 6.45) is 0.0191. The molecule has 0 saturated carbocycles. The number of hydrogen-bond donors (Lipinski definition) is 1. The van der Waals surface area contributed by atoms with Crippen molar-refractivity contribution in [2.75, 3.05) is 13.7 Å². The number of benzene rings is 1. The van der Waals surface area contributed by atoms with E-state index in [0.29, 0.717) is 12.4 Å². The zero-order chi connectivity index (χ0) is 12.8. The fourth-order valence-corrected chi connectivity index (χ4v) is 1.41. The Morgan fingerprint density at radius 1 is 1.29 bits per heavy atom. The van der Waals surface area contributed by atoms with Gasteiger partial charge in [-0.05, 0) is 31.2 Å². The topological polar surface area (TPSA) is 55.8 Å². The fraction of sp³-hybridized carbons (Fsp3) is 0.462. The van der Waals surface area contributed by atoms with Crippen molar-refractivity contribution in [3.63, 3.8) is 0 Å². The van der Waals surface area contributed by atoms with Gasteiger partial charge in [-0.15, -0.1) is 0 Å². The second-order valence-corrected chi connectivity index (χ2v) is 4.09. The summed E-state index contributed by atoms with van der Waals surface area (Å²) in [5, 5.41) is 8.76. The van der Waals surface area contributed by atoms with Gasteiger partial charge in [0.25, 0.3) is 0 Å². The molecule has 1 aromatic rings. The van der Waals surface area contributed by atoms with Crippen LogP contribution in [0.15, 0.2) is 24.3 Å². The molecule has 1 unspecified atom stereocenters. The first kappa shape index (κ1) is 13.5. The van der Waals surface area contributed by atoms with Gasteiger partial charge in [0.1, 0.15) is 11.9 Å². The summed E-state index contributed by atoms with van der Waals surface area (Å²) >= 11 is 0. The number of rotatable bonds is 6. The van der Waals surface area contributed by atoms with E-state index in [9.17, 15) is 4.79 Å². The molecule has 0 fully saturated rings. The quantitative estimate of drug-likeness (QED) is 0.827. The minimum atomic E-state index is -0.933. The Hall–Kier alpha value is -1.55. The Kier molecular flexibility index (Phi) is 4.97. The van der Waals surface area contributed by atoms with E-state index in [0.717, 1.165) is 0 Å². The Labute approximate surface area is 101 Å². The van der Waals surface area contributed by atoms with Gasteiger partial charge >= 0.3 is 5.97 Å². The SMILES string of the molecule is COCC(C)[C@@H](C)Oc1ccc(C(=O)O)cc1. The van der Waals surface area contributed by atoms with E-state index in [1.807, 2.05) is 13.8 Å². The van der Waals surface area contributed by atoms with Crippen molar-refractivity contribution >= 4 is 5.97 Å². The van der Waals surface area contributed by atoms with Crippen molar-refractivity contribution in [1.82, 2.24) is 0 Å². The van der Waals surface area contributed by atoms with Crippen LogP contribution in [0.25, 0.3) is 0 Å². The van der Waals surface area contributed by atoms with Gasteiger partial charge in [-0.3, -0.25) is 0 Å². The van der Waals surface area contributed by atoms with Crippen LogP contribution in [-0.4, -0.2) is 30.9 Å². The number of hydrogen-bond acceptors (Lipinski definition) is 3. The molecule has 0 heterocycles. The number of carboxylic acids is 1. The van der Waals surface area contributed by atoms with Gasteiger partial charge in [-0.1, -0.05) is 6.92 Å². The molecule has 1 N–H and O–H groups in total. The lowest BCUT2D eigenvalue weighted by Gasteiger charge is -2.20. The van der Waals surface area contributed by atoms with Crippen molar-refractivity contribution in [1.29, 1.82) is 0 Å². The van der Waals surface area contributed by atoms with Gasteiger partial charge in [-0.25, -0.2) is 4.79 Å². The van der Waals surface area contributed by atoms with Crippen molar-refractivity contribution < 1.29 is 19.4 Å². The smallest absolute Gasteiger partial charge is 0.335 e. The van der Waals surface area contributed by atoms with E-state index in [4.69, 9.17) is 14.6 Å². The van der Waals surface area contributed by atoms with Crippen LogP contribution in [0.1, 0.15) is 24.2 Å². The lowest BCUT2D eigenvalue weighted by atomic mass is 10.1. The number of methoxy groups -OCH3 is 1. The Bertz CT molecular complexity index is 358. The molecule has 4 nitrogen and oxygen atoms in total. The maximum absolute atomic E-state index is 10.7. The van der Waals surface area contributed by atoms with Gasteiger partial charge in [0.05, 0.1) is 12.2 Å². The summed E-state index contributed by atoms with van der Waals surface area (Å²) in [6.45, 7) is 4.64. The average Bonchev–Trinajstić information content (AvgIpc) is 2.30. The van der Waals surface area contributed by atoms with E-state index < -0.39 is 5.97 Å². The summed E-state index contributed by atoms with van der Waals surface area (Å²) in [5.74, 6) is 0.0157. The third-order valence-corrected chi connectivity index (χ3v) is 2.65. The third-order valence-electron chi connectivity index (χ3n) is 2.65. The number of carbonyl (C=O) groups is 1. The molecule has 0 amide bonds. The van der Waals surface area contributed by atoms with Crippen LogP contribution < -0.4 is 4.74 Å². The zero-order valence-corrected chi connectivity index (χ0v) is 10.3. The molecule has 4 heteroatoms. The first-order chi connectivity index (χ1) is 8.04. The van der Waals surface area contributed by atoms with Gasteiger partial charge in [0.15, 0.2) is 0 Å². The molecular formula is C13H18O4. The number of carboxylic acid groups (broad SMARTS) is 1. The highest BCUT2D eigenvalue weighted by Gasteiger charge is 2.13. The van der Waals surface area contributed by atoms with Gasteiger partial charge < -0.3 is 14.6 Å². The summed E-state index contributed by atoms with van der Waals surface area (Å²) in [5.41, 5.74) is 0.259. The lowest BCUT2D eigenvalue weighted by Crippen LogP contribution is -2.24. The maximum Gasteiger partial charge on any atom is 0.335 e. The molecule has 0 spiro atoms. The monoisotopic (exact) mass is 238 g/mol. The lowest BCUT2D eigenvalue weighted by molar-refractivity contribution is 0.0696. The molecule has 0 aliphatic carbocycles. The average molecular weight is 238 g/mol. The van der Waals surface area contributed by atoms with E-state index in [2.05, 4.69) is 0 Å². The second-order valence-electron chi connectivity index (χ2n) is 4.09. The van der Waals surface area contributed by atoms with Gasteiger partial charge in [0.2, 0.25) is 0 Å². The minimum absolute atomic E-state index is 0.0191. The molecule has 0 aliphatic heterocycles. The van der Waals surface area contributed by atoms with Gasteiger partial charge in [-0.2, -0.15) is 0 Å². The highest BCUT2D eigenvalue weighted by Crippen LogP contribution is 2.17. The van der Waals surface area contributed by atoms with E-state index >= 15 is 0 Å². The van der Waals surface area contributed by atoms with Crippen molar-refractivity contribution in [2.24, 2.45) is 5.92 Å². The van der Waals surface area contributed by atoms with Crippen LogP contribution in [-0.2, 0) is 4.74 Å². The highest BCUT2D eigenvalue weighted by molar-refractivity contribution is 5.87. The first-order valence-corrected chi connectivity index (χ1v) is 5.53. The molecule has 0 saturated heterocycles. The predicted octanol–water partition coefficient (Wildman–Crippen LogP) is 2.43. The third kappa shape index (κ3) is 4.07. The van der Waals surface area contributed by atoms with E-state index in [-0.39, 0.29) is 17.6 Å². The number of ether oxygens (including phenoxy) is 2. The number of aromatic carboxylic acids is 1. The molecular weight excluding hydrogens is 220 g/mol. The normalized spacial score (nSPS) is 14.1. The standard InChI is InChI=1S/C13H18O4/c1-9(8-16-3)10(2)17-12-6-4-11(5-7-12)13(14)15/h4-7,9-10H,8H2,1-3H3,(H,14,15)/t9?,10-/m1/s1. The first-order valence-electron chi connectivity index (χ1n) is 5.53. The van der Waals surface area contributed by atoms with Crippen LogP contribution in [0.4, 0.5) is 0 Å². The second kappa shape index (κ2) is 6.25. The van der Waals surface area contributed by atoms with Crippen LogP contribution in [0.2, 0.25) is 0 Å². The summed E-state index contributed by atoms with van der Waals surface area (Å²) < 4.78 is 10.7. The van der Waals surface area contributed by atoms with Crippen LogP contribution in [0.3, 0.4) is 0 Å². The molecule has 0 aliphatic rings. The Morgan fingerprint density at radius 3 is 2.35 bits per heavy atom. The maximum atomic E-state index is 10.7. The minimum Gasteiger partial charge on any atom is -0.490 e. The molecule has 1 aromatic carbocycles. The Morgan fingerprint density at radius 2 is 1.88 bits per heavy atom. The molecule has 1 rings (SSSR count). The Balaban J connectivity index is 2.59. The fourth-order valence-electron chi connectivity index (χ4n) is 1.41. The van der Waals surface area contributed by atoms with Crippen molar-refractivity contribution in [2.45, 2.75) is 20.0 Å². The molecule has 17 heavy (non-hydrogen) atoms. The van der Waals surface area contributed by atoms with Gasteiger partial charge in [0, 0.05) is 13.0 Å². The predicted molar refractivity (Wildman–Crippen MR) is 64.5 cm³/mol. The van der Waals surface area contributed by atoms with Crippen molar-refractivity contribution in [3.8, 4) is 5.75 Å². The van der Waals surface area contributed by atoms with Crippen molar-refractivity contribution in [3.05, 3.63) is 29.8 Å². The summed E-state index contributed by atoms with van der Waals surface area (Å²) in [7, 11) is 1.66. The zero-order valence-electron chi connectivity index (χ0n) is 10.3.